The van der Waals surface area contributed by atoms with Crippen molar-refractivity contribution >= 4 is 27.4 Å². The highest BCUT2D eigenvalue weighted by Gasteiger charge is 2.17. The van der Waals surface area contributed by atoms with Gasteiger partial charge in [-0.15, -0.1) is 11.3 Å². The predicted octanol–water partition coefficient (Wildman–Crippen LogP) is 4.44. The van der Waals surface area contributed by atoms with Crippen molar-refractivity contribution in [3.05, 3.63) is 35.2 Å². The lowest BCUT2D eigenvalue weighted by Crippen LogP contribution is -2.10. The Morgan fingerprint density at radius 2 is 2.00 bits per heavy atom. The molecule has 98 valence electrons. The number of benzene rings is 1. The Balaban J connectivity index is 2.14. The molecule has 0 aliphatic carbocycles. The van der Waals surface area contributed by atoms with Crippen LogP contribution in [0.15, 0.2) is 34.1 Å². The van der Waals surface area contributed by atoms with E-state index in [9.17, 15) is 0 Å². The Bertz CT molecular complexity index is 734. The molecule has 3 aromatic rings. The summed E-state index contributed by atoms with van der Waals surface area (Å²) >= 11 is 1.49. The molecule has 0 aliphatic heterocycles. The van der Waals surface area contributed by atoms with Crippen molar-refractivity contribution < 1.29 is 4.42 Å². The zero-order chi connectivity index (χ0) is 13.6. The number of nitrogens with zero attached hydrogens (tertiary/aromatic N) is 1. The quantitative estimate of drug-likeness (QED) is 0.712. The highest BCUT2D eigenvalue weighted by atomic mass is 32.1. The van der Waals surface area contributed by atoms with Gasteiger partial charge in [0.25, 0.3) is 0 Å². The zero-order valence-corrected chi connectivity index (χ0v) is 12.0. The minimum Gasteiger partial charge on any atom is -0.436 e. The maximum Gasteiger partial charge on any atom is 0.230 e. The van der Waals surface area contributed by atoms with Crippen LogP contribution in [0.25, 0.3) is 22.6 Å². The van der Waals surface area contributed by atoms with Gasteiger partial charge < -0.3 is 10.2 Å². The summed E-state index contributed by atoms with van der Waals surface area (Å²) in [5.74, 6) is 0.597. The van der Waals surface area contributed by atoms with Gasteiger partial charge in [-0.2, -0.15) is 0 Å². The van der Waals surface area contributed by atoms with E-state index >= 15 is 0 Å². The first kappa shape index (κ1) is 12.2. The van der Waals surface area contributed by atoms with E-state index in [-0.39, 0.29) is 5.41 Å². The summed E-state index contributed by atoms with van der Waals surface area (Å²) in [6, 6.07) is 8.10. The first-order valence-corrected chi connectivity index (χ1v) is 7.07. The molecule has 0 atom stereocenters. The average Bonchev–Trinajstić information content (AvgIpc) is 2.91. The fourth-order valence-electron chi connectivity index (χ4n) is 2.01. The first-order valence-electron chi connectivity index (χ1n) is 6.19. The smallest absolute Gasteiger partial charge is 0.230 e. The highest BCUT2D eigenvalue weighted by Crippen LogP contribution is 2.33. The maximum absolute atomic E-state index is 5.91. The third kappa shape index (κ3) is 2.12. The minimum atomic E-state index is 0.106. The summed E-state index contributed by atoms with van der Waals surface area (Å²) in [5, 5.41) is 2.68. The van der Waals surface area contributed by atoms with Gasteiger partial charge in [0.1, 0.15) is 5.52 Å². The van der Waals surface area contributed by atoms with Crippen LogP contribution in [0.5, 0.6) is 0 Å². The van der Waals surface area contributed by atoms with Crippen LogP contribution in [0.1, 0.15) is 26.3 Å². The molecule has 0 unspecified atom stereocenters. The molecule has 0 fully saturated rings. The van der Waals surface area contributed by atoms with E-state index in [0.29, 0.717) is 5.89 Å². The summed E-state index contributed by atoms with van der Waals surface area (Å²) in [5.41, 5.74) is 9.82. The van der Waals surface area contributed by atoms with Gasteiger partial charge in [-0.25, -0.2) is 4.98 Å². The number of thiophene rings is 1. The van der Waals surface area contributed by atoms with Crippen LogP contribution in [0.3, 0.4) is 0 Å². The molecule has 0 bridgehead atoms. The van der Waals surface area contributed by atoms with E-state index in [1.165, 1.54) is 16.9 Å². The van der Waals surface area contributed by atoms with Crippen LogP contribution in [-0.4, -0.2) is 4.98 Å². The average molecular weight is 272 g/mol. The molecule has 2 N–H and O–H groups in total. The lowest BCUT2D eigenvalue weighted by atomic mass is 9.87. The van der Waals surface area contributed by atoms with Gasteiger partial charge in [0.15, 0.2) is 5.58 Å². The van der Waals surface area contributed by atoms with E-state index in [0.717, 1.165) is 21.7 Å². The lowest BCUT2D eigenvalue weighted by Gasteiger charge is -2.18. The molecule has 0 saturated heterocycles. The summed E-state index contributed by atoms with van der Waals surface area (Å²) in [6.45, 7) is 6.56. The SMILES string of the molecule is CC(C)(C)c1ccc2oc(-c3ccsc3N)nc2c1. The number of rotatable bonds is 1. The number of oxazole rings is 1. The molecule has 0 radical (unpaired) electrons. The van der Waals surface area contributed by atoms with Crippen LogP contribution in [0, 0.1) is 0 Å². The zero-order valence-electron chi connectivity index (χ0n) is 11.2. The van der Waals surface area contributed by atoms with Gasteiger partial charge in [0.2, 0.25) is 5.89 Å². The predicted molar refractivity (Wildman–Crippen MR) is 80.4 cm³/mol. The number of hydrogen-bond acceptors (Lipinski definition) is 4. The van der Waals surface area contributed by atoms with E-state index in [2.05, 4.69) is 37.9 Å². The van der Waals surface area contributed by atoms with Crippen LogP contribution in [-0.2, 0) is 5.41 Å². The number of aromatic nitrogens is 1. The minimum absolute atomic E-state index is 0.106. The Hall–Kier alpha value is -1.81. The third-order valence-electron chi connectivity index (χ3n) is 3.18. The lowest BCUT2D eigenvalue weighted by molar-refractivity contribution is 0.590. The van der Waals surface area contributed by atoms with E-state index in [1.54, 1.807) is 0 Å². The molecule has 0 aliphatic rings. The Labute approximate surface area is 116 Å². The topological polar surface area (TPSA) is 52.0 Å². The van der Waals surface area contributed by atoms with Gasteiger partial charge in [-0.05, 0) is 34.6 Å². The molecule has 0 saturated carbocycles. The van der Waals surface area contributed by atoms with Crippen molar-refractivity contribution in [1.29, 1.82) is 0 Å². The van der Waals surface area contributed by atoms with Crippen LogP contribution < -0.4 is 5.73 Å². The summed E-state index contributed by atoms with van der Waals surface area (Å²) in [4.78, 5) is 4.55. The number of fused-ring (bicyclic) bond motifs is 1. The van der Waals surface area contributed by atoms with Crippen LogP contribution in [0.2, 0.25) is 0 Å². The standard InChI is InChI=1S/C15H16N2OS/c1-15(2,3)9-4-5-12-11(8-9)17-14(18-12)10-6-7-19-13(10)16/h4-8H,16H2,1-3H3. The molecule has 3 nitrogen and oxygen atoms in total. The van der Waals surface area contributed by atoms with E-state index in [1.807, 2.05) is 17.5 Å². The molecular formula is C15H16N2OS. The molecule has 19 heavy (non-hydrogen) atoms. The van der Waals surface area contributed by atoms with Gasteiger partial charge in [-0.3, -0.25) is 0 Å². The Morgan fingerprint density at radius 3 is 2.63 bits per heavy atom. The normalized spacial score (nSPS) is 12.2. The molecule has 3 rings (SSSR count). The molecular weight excluding hydrogens is 256 g/mol. The summed E-state index contributed by atoms with van der Waals surface area (Å²) in [6.07, 6.45) is 0. The molecule has 1 aromatic carbocycles. The monoisotopic (exact) mass is 272 g/mol. The Morgan fingerprint density at radius 1 is 1.21 bits per heavy atom. The number of nitrogens with two attached hydrogens (primary N) is 1. The third-order valence-corrected chi connectivity index (χ3v) is 3.93. The Kier molecular flexibility index (Phi) is 2.64. The van der Waals surface area contributed by atoms with Crippen molar-refractivity contribution in [1.82, 2.24) is 4.98 Å². The maximum atomic E-state index is 5.91. The van der Waals surface area contributed by atoms with Crippen molar-refractivity contribution in [3.8, 4) is 11.5 Å². The fraction of sp³-hybridized carbons (Fsp3) is 0.267. The second kappa shape index (κ2) is 4.10. The van der Waals surface area contributed by atoms with Crippen molar-refractivity contribution in [2.45, 2.75) is 26.2 Å². The largest absolute Gasteiger partial charge is 0.436 e. The first-order chi connectivity index (χ1) is 8.95. The van der Waals surface area contributed by atoms with E-state index in [4.69, 9.17) is 10.2 Å². The fourth-order valence-corrected chi connectivity index (χ4v) is 2.64. The van der Waals surface area contributed by atoms with Crippen LogP contribution >= 0.6 is 11.3 Å². The highest BCUT2D eigenvalue weighted by molar-refractivity contribution is 7.14. The van der Waals surface area contributed by atoms with Gasteiger partial charge >= 0.3 is 0 Å². The second-order valence-electron chi connectivity index (χ2n) is 5.65. The summed E-state index contributed by atoms with van der Waals surface area (Å²) < 4.78 is 5.78. The molecule has 2 aromatic heterocycles. The summed E-state index contributed by atoms with van der Waals surface area (Å²) in [7, 11) is 0. The molecule has 0 amide bonds. The molecule has 4 heteroatoms. The van der Waals surface area contributed by atoms with Gasteiger partial charge in [0.05, 0.1) is 10.6 Å². The van der Waals surface area contributed by atoms with Gasteiger partial charge in [0, 0.05) is 0 Å². The van der Waals surface area contributed by atoms with E-state index < -0.39 is 0 Å². The number of anilines is 1. The molecule has 2 heterocycles. The number of hydrogen-bond donors (Lipinski definition) is 1. The van der Waals surface area contributed by atoms with Crippen LogP contribution in [0.4, 0.5) is 5.00 Å². The second-order valence-corrected chi connectivity index (χ2v) is 6.60. The number of nitrogen functional groups attached to an aromatic ring is 1. The van der Waals surface area contributed by atoms with Gasteiger partial charge in [-0.1, -0.05) is 26.8 Å². The van der Waals surface area contributed by atoms with Crippen molar-refractivity contribution in [2.24, 2.45) is 0 Å². The van der Waals surface area contributed by atoms with Crippen molar-refractivity contribution in [3.63, 3.8) is 0 Å². The van der Waals surface area contributed by atoms with Crippen molar-refractivity contribution in [2.75, 3.05) is 5.73 Å². The molecule has 0 spiro atoms.